The minimum atomic E-state index is -0.561. The molecule has 0 aromatic heterocycles. The molecule has 5 atom stereocenters. The molecule has 2 saturated carbocycles. The van der Waals surface area contributed by atoms with Gasteiger partial charge in [0.2, 0.25) is 17.7 Å². The first-order chi connectivity index (χ1) is 18.3. The minimum Gasteiger partial charge on any atom is -0.426 e. The smallest absolute Gasteiger partial charge is 0.316 e. The Morgan fingerprint density at radius 1 is 0.947 bits per heavy atom. The van der Waals surface area contributed by atoms with Gasteiger partial charge in [0.25, 0.3) is 0 Å². The van der Waals surface area contributed by atoms with Crippen LogP contribution in [0.3, 0.4) is 0 Å². The Balaban J connectivity index is 1.17. The Bertz CT molecular complexity index is 1300. The number of para-hydroxylation sites is 1. The van der Waals surface area contributed by atoms with Gasteiger partial charge in [0, 0.05) is 18.7 Å². The average Bonchev–Trinajstić information content (AvgIpc) is 3.68. The molecule has 2 aromatic carbocycles. The molecular formula is C31H34N2O5. The summed E-state index contributed by atoms with van der Waals surface area (Å²) < 4.78 is 5.71. The molecule has 6 rings (SSSR count). The third kappa shape index (κ3) is 3.77. The van der Waals surface area contributed by atoms with Crippen molar-refractivity contribution in [1.82, 2.24) is 0 Å². The van der Waals surface area contributed by atoms with Gasteiger partial charge in [-0.25, -0.2) is 4.90 Å². The monoisotopic (exact) mass is 514 g/mol. The lowest BCUT2D eigenvalue weighted by Crippen LogP contribution is -2.33. The van der Waals surface area contributed by atoms with Crippen molar-refractivity contribution in [3.05, 3.63) is 53.1 Å². The fraction of sp³-hybridized carbons (Fsp3) is 0.484. The molecule has 7 nitrogen and oxygen atoms in total. The van der Waals surface area contributed by atoms with E-state index in [0.717, 1.165) is 48.9 Å². The second-order valence-electron chi connectivity index (χ2n) is 11.3. The third-order valence-electron chi connectivity index (χ3n) is 9.25. The van der Waals surface area contributed by atoms with Gasteiger partial charge < -0.3 is 9.64 Å². The highest BCUT2D eigenvalue weighted by molar-refractivity contribution is 6.23. The van der Waals surface area contributed by atoms with Crippen LogP contribution in [0, 0.1) is 36.5 Å². The van der Waals surface area contributed by atoms with E-state index in [9.17, 15) is 19.2 Å². The second-order valence-corrected chi connectivity index (χ2v) is 11.3. The van der Waals surface area contributed by atoms with Crippen LogP contribution in [0.25, 0.3) is 0 Å². The first-order valence-electron chi connectivity index (χ1n) is 13.9. The van der Waals surface area contributed by atoms with Crippen LogP contribution in [-0.4, -0.2) is 30.2 Å². The molecule has 2 aromatic rings. The van der Waals surface area contributed by atoms with Crippen molar-refractivity contribution in [1.29, 1.82) is 0 Å². The first kappa shape index (κ1) is 24.8. The highest BCUT2D eigenvalue weighted by Gasteiger charge is 2.61. The largest absolute Gasteiger partial charge is 0.426 e. The van der Waals surface area contributed by atoms with E-state index in [1.165, 1.54) is 4.90 Å². The SMILES string of the molecule is CCc1cccc(CC)c1N1C[C@H](C(=O)Oc2ccc(N3C(=O)[C@@H]4[C@H]5CC[C@@H](C5)[C@@H]4C3=O)c(C)c2)CC1=O. The Hall–Kier alpha value is -3.48. The van der Waals surface area contributed by atoms with Crippen LogP contribution in [0.4, 0.5) is 11.4 Å². The number of imide groups is 1. The summed E-state index contributed by atoms with van der Waals surface area (Å²) in [5.74, 6) is -0.569. The van der Waals surface area contributed by atoms with Crippen LogP contribution in [0.1, 0.15) is 56.2 Å². The summed E-state index contributed by atoms with van der Waals surface area (Å²) in [5, 5.41) is 0. The summed E-state index contributed by atoms with van der Waals surface area (Å²) in [6, 6.07) is 11.1. The van der Waals surface area contributed by atoms with Crippen molar-refractivity contribution in [3.8, 4) is 5.75 Å². The topological polar surface area (TPSA) is 84.0 Å². The number of aryl methyl sites for hydroxylation is 3. The molecule has 2 bridgehead atoms. The lowest BCUT2D eigenvalue weighted by Gasteiger charge is -2.23. The van der Waals surface area contributed by atoms with Gasteiger partial charge in [-0.05, 0) is 85.8 Å². The average molecular weight is 515 g/mol. The molecule has 2 aliphatic carbocycles. The van der Waals surface area contributed by atoms with Gasteiger partial charge in [-0.3, -0.25) is 19.2 Å². The third-order valence-corrected chi connectivity index (χ3v) is 9.25. The van der Waals surface area contributed by atoms with E-state index in [4.69, 9.17) is 4.74 Å². The zero-order valence-electron chi connectivity index (χ0n) is 22.2. The Kier molecular flexibility index (Phi) is 6.12. The fourth-order valence-corrected chi connectivity index (χ4v) is 7.43. The second kappa shape index (κ2) is 9.37. The number of esters is 1. The number of benzene rings is 2. The highest BCUT2D eigenvalue weighted by Crippen LogP contribution is 2.56. The van der Waals surface area contributed by atoms with Gasteiger partial charge >= 0.3 is 5.97 Å². The molecule has 3 amide bonds. The van der Waals surface area contributed by atoms with E-state index in [2.05, 4.69) is 13.8 Å². The molecule has 0 spiro atoms. The molecule has 0 N–H and O–H groups in total. The van der Waals surface area contributed by atoms with Gasteiger partial charge in [0.1, 0.15) is 5.75 Å². The van der Waals surface area contributed by atoms with E-state index < -0.39 is 11.9 Å². The molecule has 38 heavy (non-hydrogen) atoms. The zero-order valence-corrected chi connectivity index (χ0v) is 22.2. The number of carbonyl (C=O) groups excluding carboxylic acids is 4. The lowest BCUT2D eigenvalue weighted by atomic mass is 9.81. The Morgan fingerprint density at radius 3 is 2.16 bits per heavy atom. The summed E-state index contributed by atoms with van der Waals surface area (Å²) in [6.07, 6.45) is 4.80. The number of amides is 3. The van der Waals surface area contributed by atoms with Crippen molar-refractivity contribution in [2.24, 2.45) is 29.6 Å². The molecule has 7 heteroatoms. The molecule has 198 valence electrons. The number of hydrogen-bond acceptors (Lipinski definition) is 5. The van der Waals surface area contributed by atoms with Gasteiger partial charge in [-0.1, -0.05) is 32.0 Å². The standard InChI is InChI=1S/C31H34N2O5/c1-4-18-7-6-8-19(5-2)28(18)32-16-22(15-25(32)34)31(37)38-23-11-12-24(17(3)13-23)33-29(35)26-20-9-10-21(14-20)27(26)30(33)36/h6-8,11-13,20-22,26-27H,4-5,9-10,14-16H2,1-3H3/t20-,21-,22+,26-,27+/m0/s1. The number of fused-ring (bicyclic) bond motifs is 5. The van der Waals surface area contributed by atoms with Crippen molar-refractivity contribution in [2.75, 3.05) is 16.3 Å². The van der Waals surface area contributed by atoms with Crippen LogP contribution in [0.5, 0.6) is 5.75 Å². The van der Waals surface area contributed by atoms with Gasteiger partial charge in [0.05, 0.1) is 23.4 Å². The quantitative estimate of drug-likeness (QED) is 0.319. The van der Waals surface area contributed by atoms with E-state index in [1.807, 2.05) is 25.1 Å². The van der Waals surface area contributed by atoms with Crippen molar-refractivity contribution in [3.63, 3.8) is 0 Å². The molecule has 2 heterocycles. The summed E-state index contributed by atoms with van der Waals surface area (Å²) in [4.78, 5) is 55.6. The molecule has 0 radical (unpaired) electrons. The first-order valence-corrected chi connectivity index (χ1v) is 13.9. The predicted molar refractivity (Wildman–Crippen MR) is 143 cm³/mol. The number of nitrogens with zero attached hydrogens (tertiary/aromatic N) is 2. The van der Waals surface area contributed by atoms with E-state index in [1.54, 1.807) is 23.1 Å². The predicted octanol–water partition coefficient (Wildman–Crippen LogP) is 4.61. The van der Waals surface area contributed by atoms with Gasteiger partial charge in [0.15, 0.2) is 0 Å². The van der Waals surface area contributed by atoms with Crippen molar-refractivity contribution in [2.45, 2.75) is 59.3 Å². The van der Waals surface area contributed by atoms with Crippen LogP contribution in [0.2, 0.25) is 0 Å². The normalized spacial score (nSPS) is 28.0. The van der Waals surface area contributed by atoms with Crippen LogP contribution >= 0.6 is 0 Å². The van der Waals surface area contributed by atoms with Crippen molar-refractivity contribution < 1.29 is 23.9 Å². The van der Waals surface area contributed by atoms with Gasteiger partial charge in [-0.15, -0.1) is 0 Å². The van der Waals surface area contributed by atoms with Crippen LogP contribution < -0.4 is 14.5 Å². The summed E-state index contributed by atoms with van der Waals surface area (Å²) in [5.41, 5.74) is 4.40. The fourth-order valence-electron chi connectivity index (χ4n) is 7.43. The number of carbonyl (C=O) groups is 4. The zero-order chi connectivity index (χ0) is 26.7. The summed E-state index contributed by atoms with van der Waals surface area (Å²) >= 11 is 0. The maximum absolute atomic E-state index is 13.2. The molecule has 2 aliphatic heterocycles. The van der Waals surface area contributed by atoms with Crippen LogP contribution in [0.15, 0.2) is 36.4 Å². The van der Waals surface area contributed by atoms with E-state index in [-0.39, 0.29) is 36.0 Å². The molecule has 4 aliphatic rings. The molecule has 2 saturated heterocycles. The van der Waals surface area contributed by atoms with E-state index >= 15 is 0 Å². The summed E-state index contributed by atoms with van der Waals surface area (Å²) in [6.45, 7) is 6.25. The number of anilines is 2. The maximum Gasteiger partial charge on any atom is 0.316 e. The highest BCUT2D eigenvalue weighted by atomic mass is 16.5. The lowest BCUT2D eigenvalue weighted by molar-refractivity contribution is -0.139. The number of rotatable bonds is 6. The van der Waals surface area contributed by atoms with Gasteiger partial charge in [-0.2, -0.15) is 0 Å². The van der Waals surface area contributed by atoms with E-state index in [0.29, 0.717) is 35.4 Å². The minimum absolute atomic E-state index is 0.0698. The maximum atomic E-state index is 13.2. The summed E-state index contributed by atoms with van der Waals surface area (Å²) in [7, 11) is 0. The molecule has 4 fully saturated rings. The molecular weight excluding hydrogens is 480 g/mol. The molecule has 0 unspecified atom stereocenters. The Morgan fingerprint density at radius 2 is 1.58 bits per heavy atom. The van der Waals surface area contributed by atoms with Crippen LogP contribution in [-0.2, 0) is 32.0 Å². The number of hydrogen-bond donors (Lipinski definition) is 0. The Labute approximate surface area is 223 Å². The number of ether oxygens (including phenoxy) is 1. The van der Waals surface area contributed by atoms with Crippen molar-refractivity contribution >= 4 is 35.1 Å².